The Kier molecular flexibility index (Phi) is 7.40. The summed E-state index contributed by atoms with van der Waals surface area (Å²) in [4.78, 5) is 5.94. The second kappa shape index (κ2) is 11.5. The molecule has 0 N–H and O–H groups in total. The minimum Gasteiger partial charge on any atom is -1.00 e. The number of halogens is 2. The molecule has 2 aromatic rings. The van der Waals surface area contributed by atoms with Crippen molar-refractivity contribution < 1.29 is 52.4 Å². The molecule has 7 fully saturated rings. The van der Waals surface area contributed by atoms with Crippen molar-refractivity contribution in [1.82, 2.24) is 0 Å². The van der Waals surface area contributed by atoms with E-state index in [9.17, 15) is 0 Å². The van der Waals surface area contributed by atoms with E-state index in [0.29, 0.717) is 61.1 Å². The molecule has 14 atom stereocenters. The maximum Gasteiger partial charge on any atom is 0.141 e. The summed E-state index contributed by atoms with van der Waals surface area (Å²) < 4.78 is 17.3. The Morgan fingerprint density at radius 3 is 1.56 bits per heavy atom. The number of ether oxygens (including phenoxy) is 2. The van der Waals surface area contributed by atoms with Crippen molar-refractivity contribution in [1.29, 1.82) is 0 Å². The van der Waals surface area contributed by atoms with Crippen LogP contribution < -0.4 is 43.8 Å². The fraction of sp³-hybridized carbons (Fsp3) is 0.565. The van der Waals surface area contributed by atoms with Crippen LogP contribution in [-0.4, -0.2) is 98.1 Å². The number of anilines is 2. The van der Waals surface area contributed by atoms with E-state index in [1.807, 2.05) is 13.8 Å². The normalized spacial score (nSPS) is 46.2. The van der Waals surface area contributed by atoms with Gasteiger partial charge in [-0.3, -0.25) is 0 Å². The molecule has 2 spiro atoms. The van der Waals surface area contributed by atoms with Crippen LogP contribution in [0, 0.1) is 47.4 Å². The average molecular weight is 851 g/mol. The highest BCUT2D eigenvalue weighted by Gasteiger charge is 2.80. The minimum atomic E-state index is 0. The lowest BCUT2D eigenvalue weighted by Gasteiger charge is -2.65. The Balaban J connectivity index is 0.00000171. The van der Waals surface area contributed by atoms with E-state index in [2.05, 4.69) is 94.2 Å². The Bertz CT molecular complexity index is 2020. The van der Waals surface area contributed by atoms with Gasteiger partial charge in [-0.1, -0.05) is 48.6 Å². The first kappa shape index (κ1) is 34.7. The number of piperidine rings is 2. The predicted octanol–water partition coefficient (Wildman–Crippen LogP) is -0.649. The SMILES string of the molecule is CC#CC[N+]12CC[C@@]34c5ccccc5N5[C@@H]6OCC=C7C[N+]8(CC#CC)CC[C@]9%10c%11ccccc%11N([C@@H]%11OCC=C(C1)[C@H](C[C@@H]32)[C@@H]%11[C@H]54)[C@H]9[C@H]6[C@H]7C[C@@H]%108.[Br-].[Br-]. The van der Waals surface area contributed by atoms with E-state index in [1.165, 1.54) is 50.1 Å². The maximum atomic E-state index is 7.54. The van der Waals surface area contributed by atoms with E-state index >= 15 is 0 Å². The maximum absolute atomic E-state index is 7.54. The van der Waals surface area contributed by atoms with Gasteiger partial charge >= 0.3 is 0 Å². The smallest absolute Gasteiger partial charge is 0.141 e. The highest BCUT2D eigenvalue weighted by molar-refractivity contribution is 5.72. The number of hydrogen-bond donors (Lipinski definition) is 0. The summed E-state index contributed by atoms with van der Waals surface area (Å²) in [6.07, 6.45) is 10.1. The molecule has 2 aromatic carbocycles. The molecule has 0 aromatic heterocycles. The van der Waals surface area contributed by atoms with Crippen LogP contribution in [0.2, 0.25) is 0 Å². The summed E-state index contributed by atoms with van der Waals surface area (Å²) in [5.41, 5.74) is 9.58. The van der Waals surface area contributed by atoms with E-state index < -0.39 is 0 Å². The monoisotopic (exact) mass is 848 g/mol. The van der Waals surface area contributed by atoms with E-state index in [-0.39, 0.29) is 57.2 Å². The van der Waals surface area contributed by atoms with Crippen molar-refractivity contribution in [3.8, 4) is 23.7 Å². The first-order chi connectivity index (χ1) is 25.6. The first-order valence-electron chi connectivity index (χ1n) is 20.5. The van der Waals surface area contributed by atoms with Crippen LogP contribution in [-0.2, 0) is 20.3 Å². The van der Waals surface area contributed by atoms with Crippen molar-refractivity contribution >= 4 is 11.4 Å². The molecular weight excluding hydrogens is 800 g/mol. The summed E-state index contributed by atoms with van der Waals surface area (Å²) in [5, 5.41) is 0. The molecule has 2 saturated carbocycles. The molecule has 13 rings (SSSR count). The number of nitrogens with zero attached hydrogens (tertiary/aromatic N) is 4. The molecular formula is C46H50Br2N4O2. The van der Waals surface area contributed by atoms with Gasteiger partial charge in [0.2, 0.25) is 0 Å². The Hall–Kier alpha value is -2.56. The Labute approximate surface area is 341 Å². The highest BCUT2D eigenvalue weighted by atomic mass is 79.9. The van der Waals surface area contributed by atoms with Gasteiger partial charge in [-0.05, 0) is 60.1 Å². The largest absolute Gasteiger partial charge is 1.00 e. The van der Waals surface area contributed by atoms with Crippen molar-refractivity contribution in [2.45, 2.75) is 87.0 Å². The number of para-hydroxylation sites is 2. The van der Waals surface area contributed by atoms with E-state index in [4.69, 9.17) is 9.47 Å². The van der Waals surface area contributed by atoms with Crippen LogP contribution in [0.5, 0.6) is 0 Å². The molecule has 6 nitrogen and oxygen atoms in total. The average Bonchev–Trinajstić information content (AvgIpc) is 3.79. The summed E-state index contributed by atoms with van der Waals surface area (Å²) in [6.45, 7) is 12.1. The van der Waals surface area contributed by atoms with Crippen LogP contribution >= 0.6 is 0 Å². The number of fused-ring (bicyclic) bond motifs is 6. The summed E-state index contributed by atoms with van der Waals surface area (Å²) in [5.74, 6) is 15.7. The molecule has 9 heterocycles. The van der Waals surface area contributed by atoms with Gasteiger partial charge in [0.25, 0.3) is 0 Å². The fourth-order valence-electron chi connectivity index (χ4n) is 16.3. The number of quaternary nitrogens is 2. The van der Waals surface area contributed by atoms with Gasteiger partial charge in [0, 0.05) is 60.7 Å². The van der Waals surface area contributed by atoms with Crippen LogP contribution in [0.3, 0.4) is 0 Å². The van der Waals surface area contributed by atoms with Crippen LogP contribution in [0.15, 0.2) is 71.8 Å². The molecule has 0 amide bonds. The molecule has 11 aliphatic rings. The van der Waals surface area contributed by atoms with E-state index in [0.717, 1.165) is 35.1 Å². The quantitative estimate of drug-likeness (QED) is 0.228. The zero-order chi connectivity index (χ0) is 34.2. The molecule has 9 aliphatic heterocycles. The molecule has 280 valence electrons. The van der Waals surface area contributed by atoms with Crippen LogP contribution in [0.4, 0.5) is 11.4 Å². The van der Waals surface area contributed by atoms with Crippen molar-refractivity contribution in [3.63, 3.8) is 0 Å². The molecule has 4 bridgehead atoms. The molecule has 0 radical (unpaired) electrons. The lowest BCUT2D eigenvalue weighted by atomic mass is 9.52. The molecule has 54 heavy (non-hydrogen) atoms. The molecule has 2 aliphatic carbocycles. The summed E-state index contributed by atoms with van der Waals surface area (Å²) in [6, 6.07) is 21.1. The standard InChI is InChI=1S/C46H50N4O2.2BrH/c1-3-5-19-49-21-17-45-33-11-7-9-13-35(33)47-41(45)39-31(25-37(45)49)29(27-49)15-23-51-43(39)48-36-14-10-8-12-34(36)46-18-22-50(20-6-4-2)28-30-16-24-52-44(47)40(42(46)48)32(30)26-38(46)50;;/h7-16,31-32,37-44H,17-28H2,1-2H3;2*1H/q+2;;/p-2/t31-,32-,37-,38-,39+,40+,41-,42-,43+,44+,45+,46+,49?,50?;;/m0../s1. The third-order valence-corrected chi connectivity index (χ3v) is 17.6. The van der Waals surface area contributed by atoms with Gasteiger partial charge < -0.3 is 62.2 Å². The first-order valence-corrected chi connectivity index (χ1v) is 20.5. The fourth-order valence-corrected chi connectivity index (χ4v) is 16.3. The zero-order valence-corrected chi connectivity index (χ0v) is 34.6. The summed E-state index contributed by atoms with van der Waals surface area (Å²) in [7, 11) is 0. The van der Waals surface area contributed by atoms with Gasteiger partial charge in [0.05, 0.1) is 49.2 Å². The van der Waals surface area contributed by atoms with Gasteiger partial charge in [-0.15, -0.1) is 11.8 Å². The summed E-state index contributed by atoms with van der Waals surface area (Å²) >= 11 is 0. The second-order valence-corrected chi connectivity index (χ2v) is 18.6. The Morgan fingerprint density at radius 1 is 0.667 bits per heavy atom. The van der Waals surface area contributed by atoms with Crippen molar-refractivity contribution in [2.75, 3.05) is 62.3 Å². The molecule has 2 unspecified atom stereocenters. The van der Waals surface area contributed by atoms with E-state index in [1.54, 1.807) is 22.3 Å². The van der Waals surface area contributed by atoms with Crippen LogP contribution in [0.25, 0.3) is 0 Å². The Morgan fingerprint density at radius 2 is 1.11 bits per heavy atom. The lowest BCUT2D eigenvalue weighted by Crippen LogP contribution is -3.00. The molecule has 8 heteroatoms. The zero-order valence-electron chi connectivity index (χ0n) is 31.4. The van der Waals surface area contributed by atoms with Crippen molar-refractivity contribution in [3.05, 3.63) is 83.0 Å². The number of hydrogen-bond acceptors (Lipinski definition) is 4. The van der Waals surface area contributed by atoms with Gasteiger partial charge in [0.15, 0.2) is 0 Å². The minimum absolute atomic E-state index is 0. The van der Waals surface area contributed by atoms with Gasteiger partial charge in [-0.25, -0.2) is 0 Å². The highest BCUT2D eigenvalue weighted by Crippen LogP contribution is 2.72. The topological polar surface area (TPSA) is 24.9 Å². The van der Waals surface area contributed by atoms with Gasteiger partial charge in [0.1, 0.15) is 50.7 Å². The number of rotatable bonds is 2. The third kappa shape index (κ3) is 3.68. The second-order valence-electron chi connectivity index (χ2n) is 18.6. The predicted molar refractivity (Wildman–Crippen MR) is 201 cm³/mol. The molecule has 5 saturated heterocycles. The van der Waals surface area contributed by atoms with Crippen LogP contribution in [0.1, 0.15) is 50.7 Å². The van der Waals surface area contributed by atoms with Crippen molar-refractivity contribution in [2.24, 2.45) is 23.7 Å². The third-order valence-electron chi connectivity index (χ3n) is 17.6. The number of benzene rings is 2. The van der Waals surface area contributed by atoms with Gasteiger partial charge in [-0.2, -0.15) is 0 Å². The lowest BCUT2D eigenvalue weighted by molar-refractivity contribution is -0.936.